The monoisotopic (exact) mass is 440 g/mol. The number of hydrogen-bond donors (Lipinski definition) is 0. The van der Waals surface area contributed by atoms with Crippen LogP contribution in [0, 0.1) is 0 Å². The highest BCUT2D eigenvalue weighted by Gasteiger charge is 2.17. The fraction of sp³-hybridized carbons (Fsp3) is 0.222. The van der Waals surface area contributed by atoms with E-state index in [2.05, 4.69) is 4.40 Å². The number of esters is 1. The minimum Gasteiger partial charge on any atom is -0.497 e. The van der Waals surface area contributed by atoms with E-state index in [4.69, 9.17) is 21.1 Å². The number of aromatic nitrogens is 1. The first-order valence-corrected chi connectivity index (χ1v) is 10.9. The van der Waals surface area contributed by atoms with Crippen LogP contribution in [0.3, 0.4) is 0 Å². The summed E-state index contributed by atoms with van der Waals surface area (Å²) in [5.41, 5.74) is 0.656. The van der Waals surface area contributed by atoms with Crippen molar-refractivity contribution in [1.82, 2.24) is 4.57 Å². The molecule has 0 aliphatic carbocycles. The van der Waals surface area contributed by atoms with Crippen LogP contribution in [0.4, 0.5) is 0 Å². The quantitative estimate of drug-likeness (QED) is 0.549. The number of fused-ring (bicyclic) bond motifs is 1. The molecule has 1 heterocycles. The Hall–Kier alpha value is -2.36. The van der Waals surface area contributed by atoms with Gasteiger partial charge in [-0.25, -0.2) is 0 Å². The lowest BCUT2D eigenvalue weighted by Crippen LogP contribution is -2.23. The molecule has 148 valence electrons. The first-order valence-electron chi connectivity index (χ1n) is 8.23. The highest BCUT2D eigenvalue weighted by Crippen LogP contribution is 2.24. The predicted octanol–water partition coefficient (Wildman–Crippen LogP) is 3.22. The fourth-order valence-electron chi connectivity index (χ4n) is 2.50. The van der Waals surface area contributed by atoms with Gasteiger partial charge in [0, 0.05) is 5.02 Å². The number of nitrogens with zero attached hydrogens (tertiary/aromatic N) is 2. The number of carbonyl (C=O) groups is 1. The van der Waals surface area contributed by atoms with Crippen molar-refractivity contribution >= 4 is 49.1 Å². The summed E-state index contributed by atoms with van der Waals surface area (Å²) >= 11 is 6.97. The van der Waals surface area contributed by atoms with Crippen molar-refractivity contribution in [1.29, 1.82) is 0 Å². The Balaban J connectivity index is 2.18. The van der Waals surface area contributed by atoms with Crippen LogP contribution < -0.4 is 9.54 Å². The molecule has 0 atom stereocenters. The number of methoxy groups -OCH3 is 1. The molecule has 28 heavy (non-hydrogen) atoms. The predicted molar refractivity (Wildman–Crippen MR) is 107 cm³/mol. The number of thiazole rings is 1. The number of ether oxygens (including phenoxy) is 2. The SMILES string of the molecule is CCOC(=O)Cn1c(=NS(=O)(=O)c2ccc(Cl)cc2)sc2cc(OC)ccc21. The van der Waals surface area contributed by atoms with Crippen molar-refractivity contribution in [3.63, 3.8) is 0 Å². The lowest BCUT2D eigenvalue weighted by atomic mass is 10.3. The molecule has 0 fully saturated rings. The number of benzene rings is 2. The standard InChI is InChI=1S/C18H17ClN2O5S2/c1-3-26-17(22)11-21-15-9-6-13(25-2)10-16(15)27-18(21)20-28(23,24)14-7-4-12(19)5-8-14/h4-10H,3,11H2,1-2H3. The van der Waals surface area contributed by atoms with Crippen LogP contribution in [0.1, 0.15) is 6.92 Å². The normalized spacial score (nSPS) is 12.3. The zero-order valence-electron chi connectivity index (χ0n) is 15.1. The number of carbonyl (C=O) groups excluding carboxylic acids is 1. The summed E-state index contributed by atoms with van der Waals surface area (Å²) in [6.45, 7) is 1.77. The molecule has 3 aromatic rings. The Bertz CT molecular complexity index is 1180. The van der Waals surface area contributed by atoms with Gasteiger partial charge >= 0.3 is 5.97 Å². The molecular weight excluding hydrogens is 424 g/mol. The third-order valence-electron chi connectivity index (χ3n) is 3.79. The maximum atomic E-state index is 12.7. The number of halogens is 1. The molecule has 10 heteroatoms. The van der Waals surface area contributed by atoms with Crippen LogP contribution in [0.25, 0.3) is 10.2 Å². The molecule has 1 aromatic heterocycles. The van der Waals surface area contributed by atoms with E-state index in [1.54, 1.807) is 25.1 Å². The molecule has 3 rings (SSSR count). The van der Waals surface area contributed by atoms with E-state index in [9.17, 15) is 13.2 Å². The molecule has 2 aromatic carbocycles. The van der Waals surface area contributed by atoms with E-state index in [1.807, 2.05) is 0 Å². The van der Waals surface area contributed by atoms with Crippen molar-refractivity contribution < 1.29 is 22.7 Å². The lowest BCUT2D eigenvalue weighted by Gasteiger charge is -2.06. The van der Waals surface area contributed by atoms with Crippen LogP contribution in [-0.4, -0.2) is 32.7 Å². The third-order valence-corrected chi connectivity index (χ3v) is 6.48. The molecule has 0 unspecified atom stereocenters. The summed E-state index contributed by atoms with van der Waals surface area (Å²) in [4.78, 5) is 12.2. The lowest BCUT2D eigenvalue weighted by molar-refractivity contribution is -0.143. The van der Waals surface area contributed by atoms with Gasteiger partial charge in [-0.3, -0.25) is 4.79 Å². The van der Waals surface area contributed by atoms with Gasteiger partial charge in [-0.1, -0.05) is 22.9 Å². The van der Waals surface area contributed by atoms with Gasteiger partial charge in [-0.05, 0) is 49.4 Å². The minimum atomic E-state index is -3.99. The molecule has 0 saturated heterocycles. The summed E-state index contributed by atoms with van der Waals surface area (Å²) in [6.07, 6.45) is 0. The number of hydrogen-bond acceptors (Lipinski definition) is 6. The zero-order chi connectivity index (χ0) is 20.3. The Labute approximate surface area is 170 Å². The van der Waals surface area contributed by atoms with E-state index >= 15 is 0 Å². The molecule has 0 N–H and O–H groups in total. The van der Waals surface area contributed by atoms with Crippen molar-refractivity contribution in [2.45, 2.75) is 18.4 Å². The molecule has 0 saturated carbocycles. The molecule has 0 spiro atoms. The minimum absolute atomic E-state index is 0.00891. The first-order chi connectivity index (χ1) is 13.3. The summed E-state index contributed by atoms with van der Waals surface area (Å²) in [7, 11) is -2.45. The zero-order valence-corrected chi connectivity index (χ0v) is 17.5. The van der Waals surface area contributed by atoms with E-state index in [0.29, 0.717) is 16.3 Å². The van der Waals surface area contributed by atoms with Gasteiger partial charge in [0.05, 0.1) is 28.8 Å². The van der Waals surface area contributed by atoms with Gasteiger partial charge in [0.15, 0.2) is 0 Å². The third kappa shape index (κ3) is 4.37. The second-order valence-corrected chi connectivity index (χ2v) is 8.68. The summed E-state index contributed by atoms with van der Waals surface area (Å²) < 4.78 is 41.9. The van der Waals surface area contributed by atoms with Crippen LogP contribution >= 0.6 is 22.9 Å². The Morgan fingerprint density at radius 1 is 1.21 bits per heavy atom. The summed E-state index contributed by atoms with van der Waals surface area (Å²) in [5.74, 6) is 0.132. The fourth-order valence-corrected chi connectivity index (χ4v) is 4.89. The van der Waals surface area contributed by atoms with Crippen molar-refractivity contribution in [2.75, 3.05) is 13.7 Å². The van der Waals surface area contributed by atoms with Crippen molar-refractivity contribution in [3.05, 3.63) is 52.3 Å². The average molecular weight is 441 g/mol. The number of sulfonamides is 1. The second-order valence-electron chi connectivity index (χ2n) is 5.63. The molecule has 0 aliphatic rings. The smallest absolute Gasteiger partial charge is 0.326 e. The second kappa shape index (κ2) is 8.34. The van der Waals surface area contributed by atoms with Gasteiger partial charge in [0.1, 0.15) is 12.3 Å². The molecule has 0 amide bonds. The molecule has 0 radical (unpaired) electrons. The van der Waals surface area contributed by atoms with E-state index in [0.717, 1.165) is 16.0 Å². The highest BCUT2D eigenvalue weighted by atomic mass is 35.5. The van der Waals surface area contributed by atoms with Crippen molar-refractivity contribution in [2.24, 2.45) is 4.40 Å². The first kappa shape index (κ1) is 20.4. The van der Waals surface area contributed by atoms with Gasteiger partial charge < -0.3 is 14.0 Å². The molecule has 0 bridgehead atoms. The maximum absolute atomic E-state index is 12.7. The largest absolute Gasteiger partial charge is 0.497 e. The van der Waals surface area contributed by atoms with Gasteiger partial charge in [-0.15, -0.1) is 4.40 Å². The molecule has 0 aliphatic heterocycles. The Kier molecular flexibility index (Phi) is 6.07. The van der Waals surface area contributed by atoms with Crippen molar-refractivity contribution in [3.8, 4) is 5.75 Å². The van der Waals surface area contributed by atoms with E-state index in [1.165, 1.54) is 35.9 Å². The molecule has 7 nitrogen and oxygen atoms in total. The topological polar surface area (TPSA) is 87.0 Å². The van der Waals surface area contributed by atoms with Gasteiger partial charge in [0.2, 0.25) is 4.80 Å². The Morgan fingerprint density at radius 3 is 2.57 bits per heavy atom. The summed E-state index contributed by atoms with van der Waals surface area (Å²) in [6, 6.07) is 11.0. The molecular formula is C18H17ClN2O5S2. The summed E-state index contributed by atoms with van der Waals surface area (Å²) in [5, 5.41) is 0.422. The highest BCUT2D eigenvalue weighted by molar-refractivity contribution is 7.90. The van der Waals surface area contributed by atoms with Crippen LogP contribution in [0.2, 0.25) is 5.02 Å². The van der Waals surface area contributed by atoms with Crippen LogP contribution in [-0.2, 0) is 26.1 Å². The van der Waals surface area contributed by atoms with Gasteiger partial charge in [-0.2, -0.15) is 8.42 Å². The Morgan fingerprint density at radius 2 is 1.93 bits per heavy atom. The van der Waals surface area contributed by atoms with Crippen LogP contribution in [0.15, 0.2) is 51.8 Å². The number of rotatable bonds is 6. The average Bonchev–Trinajstić information content (AvgIpc) is 2.97. The maximum Gasteiger partial charge on any atom is 0.326 e. The van der Waals surface area contributed by atoms with E-state index in [-0.39, 0.29) is 22.8 Å². The van der Waals surface area contributed by atoms with Crippen LogP contribution in [0.5, 0.6) is 5.75 Å². The van der Waals surface area contributed by atoms with Gasteiger partial charge in [0.25, 0.3) is 10.0 Å². The van der Waals surface area contributed by atoms with E-state index < -0.39 is 16.0 Å².